The topological polar surface area (TPSA) is 187 Å². The van der Waals surface area contributed by atoms with Crippen LogP contribution in [0.25, 0.3) is 17.1 Å². The highest BCUT2D eigenvalue weighted by atomic mass is 16.5. The van der Waals surface area contributed by atoms with E-state index >= 15 is 0 Å². The third-order valence-electron chi connectivity index (χ3n) is 5.65. The van der Waals surface area contributed by atoms with Crippen molar-refractivity contribution in [2.75, 3.05) is 24.8 Å². The smallest absolute Gasteiger partial charge is 0.297 e. The number of methoxy groups -OCH3 is 1. The molecule has 0 atom stereocenters. The van der Waals surface area contributed by atoms with Crippen molar-refractivity contribution in [1.82, 2.24) is 44.8 Å². The van der Waals surface area contributed by atoms with Crippen LogP contribution in [0.1, 0.15) is 10.5 Å². The number of hydrogen-bond donors (Lipinski definition) is 4. The molecule has 0 saturated heterocycles. The van der Waals surface area contributed by atoms with E-state index in [1.54, 1.807) is 54.6 Å². The Morgan fingerprint density at radius 3 is 2.60 bits per heavy atom. The van der Waals surface area contributed by atoms with Gasteiger partial charge in [0, 0.05) is 32.6 Å². The van der Waals surface area contributed by atoms with E-state index in [4.69, 9.17) is 4.74 Å². The van der Waals surface area contributed by atoms with Crippen molar-refractivity contribution in [3.05, 3.63) is 77.4 Å². The summed E-state index contributed by atoms with van der Waals surface area (Å²) < 4.78 is 8.45. The molecule has 40 heavy (non-hydrogen) atoms. The Hall–Kier alpha value is -5.86. The summed E-state index contributed by atoms with van der Waals surface area (Å²) in [6.45, 7) is 0. The van der Waals surface area contributed by atoms with Crippen LogP contribution < -0.4 is 26.2 Å². The lowest BCUT2D eigenvalue weighted by Crippen LogP contribution is -2.21. The number of nitrogens with one attached hydrogen (secondary N) is 3. The predicted molar refractivity (Wildman–Crippen MR) is 144 cm³/mol. The predicted octanol–water partition coefficient (Wildman–Crippen LogP) is 1.77. The van der Waals surface area contributed by atoms with Crippen molar-refractivity contribution in [1.29, 1.82) is 0 Å². The maximum absolute atomic E-state index is 12.6. The van der Waals surface area contributed by atoms with E-state index in [1.807, 2.05) is 0 Å². The third-order valence-corrected chi connectivity index (χ3v) is 5.65. The van der Waals surface area contributed by atoms with Gasteiger partial charge < -0.3 is 25.8 Å². The van der Waals surface area contributed by atoms with Gasteiger partial charge in [0.15, 0.2) is 34.7 Å². The van der Waals surface area contributed by atoms with Crippen LogP contribution in [0.15, 0.2) is 66.1 Å². The van der Waals surface area contributed by atoms with Gasteiger partial charge >= 0.3 is 0 Å². The lowest BCUT2D eigenvalue weighted by Gasteiger charge is -2.15. The largest absolute Gasteiger partial charge is 0.503 e. The molecule has 0 fully saturated rings. The summed E-state index contributed by atoms with van der Waals surface area (Å²) in [4.78, 5) is 37.7. The maximum atomic E-state index is 12.6. The molecular weight excluding hydrogens is 518 g/mol. The SMILES string of the molecule is CNC(=O)c1nnc(Nc2ccc(-n3cccc(O)c3=O)cn2)cc1Nc1nccc(-c2ncn(C)n2)c1OC. The molecule has 202 valence electrons. The summed E-state index contributed by atoms with van der Waals surface area (Å²) in [5.41, 5.74) is 0.790. The van der Waals surface area contributed by atoms with Gasteiger partial charge in [0.25, 0.3) is 11.5 Å². The molecule has 0 saturated carbocycles. The first-order chi connectivity index (χ1) is 19.4. The van der Waals surface area contributed by atoms with Gasteiger partial charge in [-0.3, -0.25) is 18.8 Å². The van der Waals surface area contributed by atoms with E-state index in [0.29, 0.717) is 34.5 Å². The number of anilines is 4. The van der Waals surface area contributed by atoms with Crippen molar-refractivity contribution in [3.63, 3.8) is 0 Å². The number of ether oxygens (including phenoxy) is 1. The van der Waals surface area contributed by atoms with Crippen molar-refractivity contribution >= 4 is 29.0 Å². The second-order valence-electron chi connectivity index (χ2n) is 8.27. The van der Waals surface area contributed by atoms with Crippen LogP contribution >= 0.6 is 0 Å². The molecule has 4 N–H and O–H groups in total. The molecule has 0 aliphatic rings. The average Bonchev–Trinajstić information content (AvgIpc) is 3.40. The van der Waals surface area contributed by atoms with Crippen LogP contribution in [0.3, 0.4) is 0 Å². The number of aryl methyl sites for hydroxylation is 1. The number of hydrogen-bond acceptors (Lipinski definition) is 12. The van der Waals surface area contributed by atoms with Crippen LogP contribution in [-0.4, -0.2) is 64.7 Å². The van der Waals surface area contributed by atoms with Crippen LogP contribution in [0.4, 0.5) is 23.1 Å². The quantitative estimate of drug-likeness (QED) is 0.223. The van der Waals surface area contributed by atoms with E-state index in [0.717, 1.165) is 0 Å². The summed E-state index contributed by atoms with van der Waals surface area (Å²) in [5, 5.41) is 30.9. The maximum Gasteiger partial charge on any atom is 0.297 e. The number of aromatic nitrogens is 8. The normalized spacial score (nSPS) is 10.7. The zero-order valence-electron chi connectivity index (χ0n) is 21.5. The van der Waals surface area contributed by atoms with Crippen molar-refractivity contribution in [2.45, 2.75) is 0 Å². The Labute approximate surface area is 226 Å². The Bertz CT molecular complexity index is 1750. The van der Waals surface area contributed by atoms with Gasteiger partial charge in [0.1, 0.15) is 12.1 Å². The summed E-state index contributed by atoms with van der Waals surface area (Å²) in [7, 11) is 4.73. The minimum atomic E-state index is -0.566. The molecule has 0 aliphatic carbocycles. The van der Waals surface area contributed by atoms with Crippen molar-refractivity contribution < 1.29 is 14.6 Å². The number of carbonyl (C=O) groups is 1. The molecule has 5 heterocycles. The highest BCUT2D eigenvalue weighted by Gasteiger charge is 2.20. The van der Waals surface area contributed by atoms with Crippen LogP contribution in [0.2, 0.25) is 0 Å². The summed E-state index contributed by atoms with van der Waals surface area (Å²) in [5.74, 6) is 0.925. The fraction of sp³-hybridized carbons (Fsp3) is 0.120. The standard InChI is InChI=1S/C25H23N11O4/c1-26-24(38)20-16(30-23-21(40-3)15(8-9-27-23)22-29-13-35(2)34-22)11-19(32-33-20)31-18-7-6-14(12-28-18)36-10-4-5-17(37)25(36)39/h4-13,37H,1-3H3,(H,26,38)(H2,27,28,30,31,32). The molecule has 5 aromatic rings. The summed E-state index contributed by atoms with van der Waals surface area (Å²) >= 11 is 0. The number of pyridine rings is 3. The zero-order valence-corrected chi connectivity index (χ0v) is 21.5. The Balaban J connectivity index is 1.46. The van der Waals surface area contributed by atoms with E-state index < -0.39 is 11.5 Å². The number of carbonyl (C=O) groups excluding carboxylic acids is 1. The van der Waals surface area contributed by atoms with E-state index in [2.05, 4.69) is 46.2 Å². The molecule has 15 heteroatoms. The van der Waals surface area contributed by atoms with Crippen molar-refractivity contribution in [3.8, 4) is 28.6 Å². The Morgan fingerprint density at radius 1 is 1.05 bits per heavy atom. The Morgan fingerprint density at radius 2 is 1.90 bits per heavy atom. The molecular formula is C25H23N11O4. The van der Waals surface area contributed by atoms with Crippen LogP contribution in [0, 0.1) is 0 Å². The number of nitrogens with zero attached hydrogens (tertiary/aromatic N) is 8. The molecule has 5 aromatic heterocycles. The molecule has 0 aliphatic heterocycles. The molecule has 5 rings (SSSR count). The first kappa shape index (κ1) is 25.8. The molecule has 0 radical (unpaired) electrons. The number of rotatable bonds is 8. The molecule has 15 nitrogen and oxygen atoms in total. The van der Waals surface area contributed by atoms with Gasteiger partial charge in [-0.2, -0.15) is 5.10 Å². The van der Waals surface area contributed by atoms with Crippen LogP contribution in [0.5, 0.6) is 11.5 Å². The van der Waals surface area contributed by atoms with Gasteiger partial charge in [0.05, 0.1) is 30.2 Å². The van der Waals surface area contributed by atoms with Gasteiger partial charge in [-0.15, -0.1) is 10.2 Å². The lowest BCUT2D eigenvalue weighted by molar-refractivity contribution is 0.0958. The number of aromatic hydroxyl groups is 1. The second kappa shape index (κ2) is 10.9. The molecule has 0 aromatic carbocycles. The van der Waals surface area contributed by atoms with Gasteiger partial charge in [-0.1, -0.05) is 0 Å². The zero-order chi connectivity index (χ0) is 28.2. The highest BCUT2D eigenvalue weighted by molar-refractivity contribution is 5.98. The minimum absolute atomic E-state index is 0.0184. The highest BCUT2D eigenvalue weighted by Crippen LogP contribution is 2.35. The van der Waals surface area contributed by atoms with Crippen LogP contribution in [-0.2, 0) is 7.05 Å². The third kappa shape index (κ3) is 5.10. The average molecular weight is 542 g/mol. The summed E-state index contributed by atoms with van der Waals surface area (Å²) in [6, 6.07) is 9.42. The Kier molecular flexibility index (Phi) is 7.00. The van der Waals surface area contributed by atoms with Gasteiger partial charge in [-0.05, 0) is 30.3 Å². The monoisotopic (exact) mass is 541 g/mol. The minimum Gasteiger partial charge on any atom is -0.503 e. The summed E-state index contributed by atoms with van der Waals surface area (Å²) in [6.07, 6.45) is 6.11. The van der Waals surface area contributed by atoms with E-state index in [-0.39, 0.29) is 22.9 Å². The molecule has 0 spiro atoms. The number of amides is 1. The fourth-order valence-corrected chi connectivity index (χ4v) is 3.76. The van der Waals surface area contributed by atoms with Gasteiger partial charge in [0.2, 0.25) is 0 Å². The first-order valence-electron chi connectivity index (χ1n) is 11.8. The fourth-order valence-electron chi connectivity index (χ4n) is 3.76. The van der Waals surface area contributed by atoms with Crippen molar-refractivity contribution in [2.24, 2.45) is 7.05 Å². The first-order valence-corrected chi connectivity index (χ1v) is 11.8. The molecule has 0 unspecified atom stereocenters. The molecule has 1 amide bonds. The van der Waals surface area contributed by atoms with Gasteiger partial charge in [-0.25, -0.2) is 15.0 Å². The van der Waals surface area contributed by atoms with E-state index in [1.165, 1.54) is 37.2 Å². The second-order valence-corrected chi connectivity index (χ2v) is 8.27. The van der Waals surface area contributed by atoms with E-state index in [9.17, 15) is 14.7 Å². The lowest BCUT2D eigenvalue weighted by atomic mass is 10.2. The molecule has 0 bridgehead atoms.